The summed E-state index contributed by atoms with van der Waals surface area (Å²) in [5.41, 5.74) is 5.45. The predicted octanol–water partition coefficient (Wildman–Crippen LogP) is 3.25. The number of hydrogen-bond donors (Lipinski definition) is 1. The zero-order valence-electron chi connectivity index (χ0n) is 9.67. The van der Waals surface area contributed by atoms with Gasteiger partial charge in [-0.1, -0.05) is 24.4 Å². The summed E-state index contributed by atoms with van der Waals surface area (Å²) in [6.07, 6.45) is 7.02. The highest BCUT2D eigenvalue weighted by Gasteiger charge is 2.09. The van der Waals surface area contributed by atoms with E-state index in [-0.39, 0.29) is 0 Å². The van der Waals surface area contributed by atoms with Gasteiger partial charge in [0.25, 0.3) is 0 Å². The Morgan fingerprint density at radius 1 is 1.25 bits per heavy atom. The summed E-state index contributed by atoms with van der Waals surface area (Å²) in [5.74, 6) is 0. The quantitative estimate of drug-likeness (QED) is 0.804. The molecule has 3 nitrogen and oxygen atoms in total. The molecule has 2 rings (SSSR count). The Bertz CT molecular complexity index is 346. The second kappa shape index (κ2) is 5.51. The molecule has 0 amide bonds. The number of rotatable bonds is 2. The number of pyridine rings is 1. The molecule has 16 heavy (non-hydrogen) atoms. The van der Waals surface area contributed by atoms with Crippen molar-refractivity contribution in [3.8, 4) is 0 Å². The number of nitrogens with one attached hydrogen (secondary N) is 1. The van der Waals surface area contributed by atoms with Crippen LogP contribution in [0.2, 0.25) is 5.15 Å². The van der Waals surface area contributed by atoms with Crippen molar-refractivity contribution in [2.45, 2.75) is 32.6 Å². The monoisotopic (exact) mass is 239 g/mol. The zero-order chi connectivity index (χ0) is 11.4. The average Bonchev–Trinajstić information content (AvgIpc) is 2.52. The van der Waals surface area contributed by atoms with E-state index in [0.29, 0.717) is 5.15 Å². The second-order valence-corrected chi connectivity index (χ2v) is 4.70. The van der Waals surface area contributed by atoms with Crippen LogP contribution in [0.25, 0.3) is 0 Å². The molecule has 0 aromatic carbocycles. The van der Waals surface area contributed by atoms with Gasteiger partial charge in [-0.25, -0.2) is 9.99 Å². The molecule has 0 aliphatic carbocycles. The fraction of sp³-hybridized carbons (Fsp3) is 0.583. The van der Waals surface area contributed by atoms with Gasteiger partial charge >= 0.3 is 0 Å². The van der Waals surface area contributed by atoms with Crippen molar-refractivity contribution < 1.29 is 0 Å². The lowest BCUT2D eigenvalue weighted by molar-refractivity contribution is 0.343. The maximum Gasteiger partial charge on any atom is 0.132 e. The summed E-state index contributed by atoms with van der Waals surface area (Å²) < 4.78 is 0. The molecule has 2 heterocycles. The first-order valence-electron chi connectivity index (χ1n) is 5.89. The second-order valence-electron chi connectivity index (χ2n) is 4.34. The third-order valence-corrected chi connectivity index (χ3v) is 3.30. The standard InChI is InChI=1S/C12H18ClN3/c1-10-8-11(9-14-12(10)13)15-16-6-4-2-3-5-7-16/h8-9,15H,2-7H2,1H3. The minimum atomic E-state index is 0.585. The van der Waals surface area contributed by atoms with Gasteiger partial charge in [0.15, 0.2) is 0 Å². The number of hydrazine groups is 1. The highest BCUT2D eigenvalue weighted by atomic mass is 35.5. The van der Waals surface area contributed by atoms with E-state index < -0.39 is 0 Å². The van der Waals surface area contributed by atoms with Crippen LogP contribution in [0, 0.1) is 6.92 Å². The normalized spacial score (nSPS) is 18.1. The van der Waals surface area contributed by atoms with E-state index in [1.54, 1.807) is 6.20 Å². The maximum atomic E-state index is 5.90. The molecule has 0 atom stereocenters. The van der Waals surface area contributed by atoms with Gasteiger partial charge < -0.3 is 5.43 Å². The van der Waals surface area contributed by atoms with Crippen LogP contribution in [0.3, 0.4) is 0 Å². The smallest absolute Gasteiger partial charge is 0.132 e. The van der Waals surface area contributed by atoms with Crippen LogP contribution in [-0.2, 0) is 0 Å². The molecule has 1 aromatic heterocycles. The van der Waals surface area contributed by atoms with Crippen LogP contribution in [0.4, 0.5) is 5.69 Å². The summed E-state index contributed by atoms with van der Waals surface area (Å²) in [7, 11) is 0. The van der Waals surface area contributed by atoms with Gasteiger partial charge in [0.2, 0.25) is 0 Å². The van der Waals surface area contributed by atoms with Crippen molar-refractivity contribution in [1.29, 1.82) is 0 Å². The number of hydrogen-bond acceptors (Lipinski definition) is 3. The maximum absolute atomic E-state index is 5.90. The van der Waals surface area contributed by atoms with Gasteiger partial charge in [-0.15, -0.1) is 0 Å². The number of aromatic nitrogens is 1. The Labute approximate surface area is 102 Å². The first-order chi connectivity index (χ1) is 7.75. The Morgan fingerprint density at radius 3 is 2.56 bits per heavy atom. The summed E-state index contributed by atoms with van der Waals surface area (Å²) in [6, 6.07) is 2.04. The lowest BCUT2D eigenvalue weighted by Crippen LogP contribution is -2.30. The molecule has 1 aliphatic heterocycles. The van der Waals surface area contributed by atoms with Crippen molar-refractivity contribution in [3.63, 3.8) is 0 Å². The van der Waals surface area contributed by atoms with Crippen LogP contribution < -0.4 is 5.43 Å². The molecular weight excluding hydrogens is 222 g/mol. The minimum Gasteiger partial charge on any atom is -0.317 e. The van der Waals surface area contributed by atoms with Gasteiger partial charge in [0.1, 0.15) is 5.15 Å². The number of aryl methyl sites for hydroxylation is 1. The lowest BCUT2D eigenvalue weighted by Gasteiger charge is -2.22. The van der Waals surface area contributed by atoms with Gasteiger partial charge in [0.05, 0.1) is 11.9 Å². The van der Waals surface area contributed by atoms with Gasteiger partial charge in [-0.3, -0.25) is 0 Å². The lowest BCUT2D eigenvalue weighted by atomic mass is 10.2. The molecular formula is C12H18ClN3. The van der Waals surface area contributed by atoms with Crippen LogP contribution in [0.5, 0.6) is 0 Å². The van der Waals surface area contributed by atoms with E-state index in [1.807, 2.05) is 13.0 Å². The zero-order valence-corrected chi connectivity index (χ0v) is 10.4. The largest absolute Gasteiger partial charge is 0.317 e. The number of anilines is 1. The molecule has 88 valence electrons. The Hall–Kier alpha value is -0.800. The van der Waals surface area contributed by atoms with Crippen molar-refractivity contribution in [2.75, 3.05) is 18.5 Å². The third kappa shape index (κ3) is 3.09. The molecule has 0 unspecified atom stereocenters. The summed E-state index contributed by atoms with van der Waals surface area (Å²) in [6.45, 7) is 4.20. The first-order valence-corrected chi connectivity index (χ1v) is 6.27. The molecule has 1 N–H and O–H groups in total. The third-order valence-electron chi connectivity index (χ3n) is 2.91. The van der Waals surface area contributed by atoms with Gasteiger partial charge in [-0.05, 0) is 31.4 Å². The highest BCUT2D eigenvalue weighted by molar-refractivity contribution is 6.30. The fourth-order valence-electron chi connectivity index (χ4n) is 1.98. The summed E-state index contributed by atoms with van der Waals surface area (Å²) in [5, 5.41) is 2.86. The molecule has 1 aromatic rings. The molecule has 0 saturated carbocycles. The summed E-state index contributed by atoms with van der Waals surface area (Å²) in [4.78, 5) is 4.14. The Kier molecular flexibility index (Phi) is 4.02. The molecule has 0 bridgehead atoms. The van der Waals surface area contributed by atoms with Crippen LogP contribution >= 0.6 is 11.6 Å². The van der Waals surface area contributed by atoms with E-state index in [1.165, 1.54) is 25.7 Å². The highest BCUT2D eigenvalue weighted by Crippen LogP contribution is 2.17. The van der Waals surface area contributed by atoms with Crippen molar-refractivity contribution in [1.82, 2.24) is 9.99 Å². The SMILES string of the molecule is Cc1cc(NN2CCCCCC2)cnc1Cl. The topological polar surface area (TPSA) is 28.2 Å². The first kappa shape index (κ1) is 11.7. The van der Waals surface area contributed by atoms with E-state index in [9.17, 15) is 0 Å². The van der Waals surface area contributed by atoms with Crippen molar-refractivity contribution >= 4 is 17.3 Å². The average molecular weight is 240 g/mol. The van der Waals surface area contributed by atoms with E-state index in [2.05, 4.69) is 15.4 Å². The van der Waals surface area contributed by atoms with E-state index >= 15 is 0 Å². The Balaban J connectivity index is 1.99. The van der Waals surface area contributed by atoms with Crippen LogP contribution in [0.15, 0.2) is 12.3 Å². The van der Waals surface area contributed by atoms with Crippen molar-refractivity contribution in [3.05, 3.63) is 23.0 Å². The van der Waals surface area contributed by atoms with Crippen LogP contribution in [0.1, 0.15) is 31.2 Å². The van der Waals surface area contributed by atoms with Gasteiger partial charge in [-0.2, -0.15) is 0 Å². The molecule has 1 aliphatic rings. The number of halogens is 1. The Morgan fingerprint density at radius 2 is 1.94 bits per heavy atom. The minimum absolute atomic E-state index is 0.585. The molecule has 4 heteroatoms. The molecule has 0 spiro atoms. The van der Waals surface area contributed by atoms with Gasteiger partial charge in [0, 0.05) is 13.1 Å². The van der Waals surface area contributed by atoms with E-state index in [4.69, 9.17) is 11.6 Å². The molecule has 1 fully saturated rings. The fourth-order valence-corrected chi connectivity index (χ4v) is 2.09. The summed E-state index contributed by atoms with van der Waals surface area (Å²) >= 11 is 5.90. The predicted molar refractivity (Wildman–Crippen MR) is 67.6 cm³/mol. The number of nitrogens with zero attached hydrogens (tertiary/aromatic N) is 2. The van der Waals surface area contributed by atoms with Crippen LogP contribution in [-0.4, -0.2) is 23.1 Å². The van der Waals surface area contributed by atoms with Crippen molar-refractivity contribution in [2.24, 2.45) is 0 Å². The van der Waals surface area contributed by atoms with E-state index in [0.717, 1.165) is 24.3 Å². The molecule has 0 radical (unpaired) electrons. The molecule has 1 saturated heterocycles.